The van der Waals surface area contributed by atoms with Gasteiger partial charge in [-0.15, -0.1) is 0 Å². The maximum absolute atomic E-state index is 9.72. The minimum atomic E-state index is -0.771. The number of rotatable bonds is 2. The third-order valence-corrected chi connectivity index (χ3v) is 3.15. The van der Waals surface area contributed by atoms with Crippen LogP contribution in [-0.2, 0) is 17.8 Å². The number of aliphatic hydroxyl groups excluding tert-OH is 1. The fourth-order valence-electron chi connectivity index (χ4n) is 2.21. The maximum Gasteiger partial charge on any atom is 0.183 e. The van der Waals surface area contributed by atoms with Crippen LogP contribution >= 0.6 is 0 Å². The Morgan fingerprint density at radius 1 is 1.60 bits per heavy atom. The maximum atomic E-state index is 9.72. The Morgan fingerprint density at radius 2 is 2.33 bits per heavy atom. The normalized spacial score (nSPS) is 19.1. The molecule has 1 atom stereocenters. The molecular formula is C12H17NO2. The highest BCUT2D eigenvalue weighted by atomic mass is 16.6. The molecule has 3 nitrogen and oxygen atoms in total. The Hall–Kier alpha value is -1.06. The van der Waals surface area contributed by atoms with Crippen molar-refractivity contribution < 1.29 is 9.84 Å². The fraction of sp³-hybridized carbons (Fsp3) is 0.500. The molecule has 0 saturated carbocycles. The lowest BCUT2D eigenvalue weighted by atomic mass is 9.95. The van der Waals surface area contributed by atoms with E-state index in [1.165, 1.54) is 11.1 Å². The van der Waals surface area contributed by atoms with Gasteiger partial charge in [-0.25, -0.2) is 0 Å². The van der Waals surface area contributed by atoms with E-state index in [9.17, 15) is 5.11 Å². The van der Waals surface area contributed by atoms with Crippen LogP contribution in [0.4, 0.5) is 5.69 Å². The van der Waals surface area contributed by atoms with Crippen molar-refractivity contribution in [2.45, 2.75) is 33.2 Å². The molecule has 82 valence electrons. The van der Waals surface area contributed by atoms with Crippen molar-refractivity contribution in [3.05, 3.63) is 28.3 Å². The van der Waals surface area contributed by atoms with Gasteiger partial charge in [0.25, 0.3) is 0 Å². The number of fused-ring (bicyclic) bond motifs is 1. The first kappa shape index (κ1) is 10.5. The SMILES string of the molecule is CCc1cc(NC)c2c(c1C)COC2O. The topological polar surface area (TPSA) is 41.5 Å². The fourth-order valence-corrected chi connectivity index (χ4v) is 2.21. The van der Waals surface area contributed by atoms with Gasteiger partial charge in [-0.3, -0.25) is 0 Å². The van der Waals surface area contributed by atoms with Crippen molar-refractivity contribution in [2.24, 2.45) is 0 Å². The highest BCUT2D eigenvalue weighted by Crippen LogP contribution is 2.38. The van der Waals surface area contributed by atoms with E-state index in [0.717, 1.165) is 23.2 Å². The lowest BCUT2D eigenvalue weighted by molar-refractivity contribution is -0.0915. The second-order valence-corrected chi connectivity index (χ2v) is 3.87. The molecule has 1 aromatic rings. The molecule has 0 saturated heterocycles. The summed E-state index contributed by atoms with van der Waals surface area (Å²) in [6.07, 6.45) is 0.233. The van der Waals surface area contributed by atoms with E-state index in [1.807, 2.05) is 7.05 Å². The van der Waals surface area contributed by atoms with E-state index in [0.29, 0.717) is 6.61 Å². The van der Waals surface area contributed by atoms with Crippen LogP contribution in [-0.4, -0.2) is 12.2 Å². The highest BCUT2D eigenvalue weighted by Gasteiger charge is 2.26. The molecular weight excluding hydrogens is 190 g/mol. The Balaban J connectivity index is 2.63. The van der Waals surface area contributed by atoms with Gasteiger partial charge in [-0.1, -0.05) is 6.92 Å². The number of benzene rings is 1. The molecule has 1 heterocycles. The van der Waals surface area contributed by atoms with Crippen LogP contribution in [0, 0.1) is 6.92 Å². The van der Waals surface area contributed by atoms with Gasteiger partial charge in [0.15, 0.2) is 6.29 Å². The molecule has 0 spiro atoms. The van der Waals surface area contributed by atoms with Crippen LogP contribution in [0.25, 0.3) is 0 Å². The van der Waals surface area contributed by atoms with Gasteiger partial charge >= 0.3 is 0 Å². The van der Waals surface area contributed by atoms with E-state index in [4.69, 9.17) is 4.74 Å². The summed E-state index contributed by atoms with van der Waals surface area (Å²) in [4.78, 5) is 0. The van der Waals surface area contributed by atoms with E-state index in [1.54, 1.807) is 0 Å². The molecule has 15 heavy (non-hydrogen) atoms. The van der Waals surface area contributed by atoms with Crippen LogP contribution in [0.1, 0.15) is 35.5 Å². The van der Waals surface area contributed by atoms with Crippen LogP contribution < -0.4 is 5.32 Å². The quantitative estimate of drug-likeness (QED) is 0.780. The average Bonchev–Trinajstić information content (AvgIpc) is 2.63. The number of ether oxygens (including phenoxy) is 1. The van der Waals surface area contributed by atoms with Gasteiger partial charge < -0.3 is 15.2 Å². The van der Waals surface area contributed by atoms with Gasteiger partial charge in [0.1, 0.15) is 0 Å². The second-order valence-electron chi connectivity index (χ2n) is 3.87. The second kappa shape index (κ2) is 3.83. The molecule has 0 fully saturated rings. The zero-order valence-corrected chi connectivity index (χ0v) is 9.42. The smallest absolute Gasteiger partial charge is 0.183 e. The summed E-state index contributed by atoms with van der Waals surface area (Å²) >= 11 is 0. The highest BCUT2D eigenvalue weighted by molar-refractivity contribution is 5.61. The molecule has 1 unspecified atom stereocenters. The molecule has 1 aromatic carbocycles. The lowest BCUT2D eigenvalue weighted by Gasteiger charge is -2.14. The zero-order chi connectivity index (χ0) is 11.0. The predicted octanol–water partition coefficient (Wildman–Crippen LogP) is 2.12. The molecule has 3 heteroatoms. The molecule has 2 N–H and O–H groups in total. The molecule has 0 radical (unpaired) electrons. The van der Waals surface area contributed by atoms with Crippen molar-refractivity contribution in [3.8, 4) is 0 Å². The Labute approximate surface area is 90.1 Å². The van der Waals surface area contributed by atoms with Crippen molar-refractivity contribution in [1.82, 2.24) is 0 Å². The Bertz CT molecular complexity index is 388. The van der Waals surface area contributed by atoms with Gasteiger partial charge in [0.2, 0.25) is 0 Å². The predicted molar refractivity (Wildman–Crippen MR) is 59.9 cm³/mol. The summed E-state index contributed by atoms with van der Waals surface area (Å²) in [7, 11) is 1.87. The first-order valence-electron chi connectivity index (χ1n) is 5.31. The lowest BCUT2D eigenvalue weighted by Crippen LogP contribution is -2.03. The number of aryl methyl sites for hydroxylation is 1. The number of nitrogens with one attached hydrogen (secondary N) is 1. The molecule has 0 bridgehead atoms. The van der Waals surface area contributed by atoms with Crippen LogP contribution in [0.2, 0.25) is 0 Å². The third-order valence-electron chi connectivity index (χ3n) is 3.15. The number of anilines is 1. The van der Waals surface area contributed by atoms with Crippen LogP contribution in [0.5, 0.6) is 0 Å². The van der Waals surface area contributed by atoms with Crippen molar-refractivity contribution in [1.29, 1.82) is 0 Å². The van der Waals surface area contributed by atoms with E-state index >= 15 is 0 Å². The number of hydrogen-bond acceptors (Lipinski definition) is 3. The summed E-state index contributed by atoms with van der Waals surface area (Å²) < 4.78 is 5.26. The molecule has 1 aliphatic rings. The Morgan fingerprint density at radius 3 is 2.93 bits per heavy atom. The molecule has 2 rings (SSSR count). The van der Waals surface area contributed by atoms with Gasteiger partial charge in [0, 0.05) is 18.3 Å². The first-order valence-corrected chi connectivity index (χ1v) is 5.31. The Kier molecular flexibility index (Phi) is 2.67. The minimum Gasteiger partial charge on any atom is -0.388 e. The van der Waals surface area contributed by atoms with E-state index < -0.39 is 6.29 Å². The molecule has 1 aliphatic heterocycles. The van der Waals surface area contributed by atoms with E-state index in [-0.39, 0.29) is 0 Å². The van der Waals surface area contributed by atoms with Gasteiger partial charge in [0.05, 0.1) is 6.61 Å². The van der Waals surface area contributed by atoms with Gasteiger partial charge in [-0.2, -0.15) is 0 Å². The van der Waals surface area contributed by atoms with Gasteiger partial charge in [-0.05, 0) is 36.1 Å². The summed E-state index contributed by atoms with van der Waals surface area (Å²) in [6.45, 7) is 4.75. The van der Waals surface area contributed by atoms with Crippen molar-refractivity contribution in [3.63, 3.8) is 0 Å². The standard InChI is InChI=1S/C12H17NO2/c1-4-8-5-10(13-3)11-9(7(8)2)6-15-12(11)14/h5,12-14H,4,6H2,1-3H3. The number of aliphatic hydroxyl groups is 1. The van der Waals surface area contributed by atoms with Crippen molar-refractivity contribution >= 4 is 5.69 Å². The zero-order valence-electron chi connectivity index (χ0n) is 9.42. The van der Waals surface area contributed by atoms with Crippen LogP contribution in [0.15, 0.2) is 6.07 Å². The molecule has 0 amide bonds. The number of hydrogen-bond donors (Lipinski definition) is 2. The summed E-state index contributed by atoms with van der Waals surface area (Å²) in [5.41, 5.74) is 5.61. The average molecular weight is 207 g/mol. The molecule has 0 aliphatic carbocycles. The monoisotopic (exact) mass is 207 g/mol. The summed E-state index contributed by atoms with van der Waals surface area (Å²) in [5.74, 6) is 0. The summed E-state index contributed by atoms with van der Waals surface area (Å²) in [5, 5.41) is 12.8. The first-order chi connectivity index (χ1) is 7.19. The van der Waals surface area contributed by atoms with Crippen molar-refractivity contribution in [2.75, 3.05) is 12.4 Å². The van der Waals surface area contributed by atoms with Crippen LogP contribution in [0.3, 0.4) is 0 Å². The van der Waals surface area contributed by atoms with E-state index in [2.05, 4.69) is 25.2 Å². The largest absolute Gasteiger partial charge is 0.388 e. The molecule has 0 aromatic heterocycles. The summed E-state index contributed by atoms with van der Waals surface area (Å²) in [6, 6.07) is 2.10. The minimum absolute atomic E-state index is 0.519. The third kappa shape index (κ3) is 1.52.